The van der Waals surface area contributed by atoms with Gasteiger partial charge in [-0.25, -0.2) is 0 Å². The molecule has 0 aliphatic heterocycles. The third-order valence-corrected chi connectivity index (χ3v) is 4.48. The van der Waals surface area contributed by atoms with E-state index in [1.54, 1.807) is 6.92 Å². The number of carbonyl (C=O) groups excluding carboxylic acids is 1. The van der Waals surface area contributed by atoms with Gasteiger partial charge in [-0.15, -0.1) is 0 Å². The molecule has 0 radical (unpaired) electrons. The van der Waals surface area contributed by atoms with Crippen LogP contribution in [0.5, 0.6) is 0 Å². The molecule has 2 N–H and O–H groups in total. The predicted molar refractivity (Wildman–Crippen MR) is 78.5 cm³/mol. The zero-order chi connectivity index (χ0) is 15.3. The summed E-state index contributed by atoms with van der Waals surface area (Å²) in [6.45, 7) is 9.89. The molecular weight excluding hydrogens is 256 g/mol. The van der Waals surface area contributed by atoms with Crippen LogP contribution < -0.4 is 5.32 Å². The van der Waals surface area contributed by atoms with E-state index >= 15 is 0 Å². The van der Waals surface area contributed by atoms with E-state index < -0.39 is 11.4 Å². The van der Waals surface area contributed by atoms with Crippen LogP contribution in [0.4, 0.5) is 0 Å². The van der Waals surface area contributed by atoms with Gasteiger partial charge in [-0.3, -0.25) is 14.5 Å². The summed E-state index contributed by atoms with van der Waals surface area (Å²) in [5.74, 6) is -1.16. The third-order valence-electron chi connectivity index (χ3n) is 4.48. The van der Waals surface area contributed by atoms with Gasteiger partial charge in [0.2, 0.25) is 5.91 Å². The zero-order valence-corrected chi connectivity index (χ0v) is 13.1. The minimum atomic E-state index is -0.995. The van der Waals surface area contributed by atoms with Gasteiger partial charge in [0.15, 0.2) is 0 Å². The smallest absolute Gasteiger partial charge is 0.310 e. The first-order valence-corrected chi connectivity index (χ1v) is 7.55. The number of carbonyl (C=O) groups is 2. The maximum Gasteiger partial charge on any atom is 0.310 e. The Bertz CT molecular complexity index is 353. The fourth-order valence-corrected chi connectivity index (χ4v) is 2.30. The molecule has 0 aromatic carbocycles. The maximum atomic E-state index is 11.9. The first kappa shape index (κ1) is 17.0. The van der Waals surface area contributed by atoms with Gasteiger partial charge >= 0.3 is 5.97 Å². The molecule has 0 aromatic heterocycles. The van der Waals surface area contributed by atoms with Crippen LogP contribution in [-0.2, 0) is 9.59 Å². The van der Waals surface area contributed by atoms with Gasteiger partial charge in [-0.2, -0.15) is 0 Å². The highest BCUT2D eigenvalue weighted by Crippen LogP contribution is 2.31. The van der Waals surface area contributed by atoms with Crippen molar-refractivity contribution in [2.75, 3.05) is 19.6 Å². The highest BCUT2D eigenvalue weighted by atomic mass is 16.4. The Morgan fingerprint density at radius 3 is 2.40 bits per heavy atom. The van der Waals surface area contributed by atoms with Crippen LogP contribution in [0, 0.1) is 11.3 Å². The summed E-state index contributed by atoms with van der Waals surface area (Å²) in [6, 6.07) is 0.692. The standard InChI is InChI=1S/C15H28N2O3/c1-5-17(12-6-7-12)9-8-16-13(18)10-15(4,11(2)3)14(19)20/h11-12H,5-10H2,1-4H3,(H,16,18)(H,19,20). The van der Waals surface area contributed by atoms with E-state index in [9.17, 15) is 14.7 Å². The van der Waals surface area contributed by atoms with E-state index in [0.717, 1.165) is 13.1 Å². The van der Waals surface area contributed by atoms with Crippen LogP contribution in [0.2, 0.25) is 0 Å². The van der Waals surface area contributed by atoms with Crippen molar-refractivity contribution in [3.05, 3.63) is 0 Å². The van der Waals surface area contributed by atoms with Gasteiger partial charge in [-0.1, -0.05) is 20.8 Å². The van der Waals surface area contributed by atoms with E-state index in [2.05, 4.69) is 17.1 Å². The molecule has 0 saturated heterocycles. The molecule has 5 nitrogen and oxygen atoms in total. The van der Waals surface area contributed by atoms with Gasteiger partial charge in [-0.05, 0) is 32.2 Å². The number of hydrogen-bond donors (Lipinski definition) is 2. The fraction of sp³-hybridized carbons (Fsp3) is 0.867. The molecule has 1 unspecified atom stereocenters. The SMILES string of the molecule is CCN(CCNC(=O)CC(C)(C(=O)O)C(C)C)C1CC1. The molecule has 1 aliphatic rings. The van der Waals surface area contributed by atoms with Crippen molar-refractivity contribution in [1.82, 2.24) is 10.2 Å². The molecule has 116 valence electrons. The molecule has 1 atom stereocenters. The topological polar surface area (TPSA) is 69.6 Å². The van der Waals surface area contributed by atoms with Gasteiger partial charge in [0.05, 0.1) is 5.41 Å². The number of nitrogens with one attached hydrogen (secondary N) is 1. The first-order valence-electron chi connectivity index (χ1n) is 7.55. The van der Waals surface area contributed by atoms with Crippen molar-refractivity contribution >= 4 is 11.9 Å². The van der Waals surface area contributed by atoms with E-state index in [1.165, 1.54) is 12.8 Å². The Balaban J connectivity index is 2.36. The highest BCUT2D eigenvalue weighted by molar-refractivity contribution is 5.84. The molecule has 1 saturated carbocycles. The van der Waals surface area contributed by atoms with E-state index in [0.29, 0.717) is 12.6 Å². The summed E-state index contributed by atoms with van der Waals surface area (Å²) in [6.07, 6.45) is 2.55. The fourth-order valence-electron chi connectivity index (χ4n) is 2.30. The second-order valence-corrected chi connectivity index (χ2v) is 6.26. The molecule has 1 fully saturated rings. The number of aliphatic carboxylic acids is 1. The van der Waals surface area contributed by atoms with E-state index in [4.69, 9.17) is 0 Å². The summed E-state index contributed by atoms with van der Waals surface area (Å²) >= 11 is 0. The first-order chi connectivity index (χ1) is 9.31. The monoisotopic (exact) mass is 284 g/mol. The van der Waals surface area contributed by atoms with E-state index in [1.807, 2.05) is 13.8 Å². The van der Waals surface area contributed by atoms with Gasteiger partial charge in [0.1, 0.15) is 0 Å². The Morgan fingerprint density at radius 2 is 2.00 bits per heavy atom. The summed E-state index contributed by atoms with van der Waals surface area (Å²) in [4.78, 5) is 25.6. The van der Waals surface area contributed by atoms with Crippen molar-refractivity contribution in [2.45, 2.75) is 53.0 Å². The van der Waals surface area contributed by atoms with Crippen molar-refractivity contribution < 1.29 is 14.7 Å². The van der Waals surface area contributed by atoms with Crippen molar-refractivity contribution in [3.63, 3.8) is 0 Å². The summed E-state index contributed by atoms with van der Waals surface area (Å²) < 4.78 is 0. The van der Waals surface area contributed by atoms with Gasteiger partial charge in [0, 0.05) is 25.6 Å². The lowest BCUT2D eigenvalue weighted by Crippen LogP contribution is -2.41. The van der Waals surface area contributed by atoms with Crippen LogP contribution in [-0.4, -0.2) is 47.6 Å². The van der Waals surface area contributed by atoms with Crippen molar-refractivity contribution in [3.8, 4) is 0 Å². The molecule has 1 amide bonds. The average molecular weight is 284 g/mol. The number of amides is 1. The largest absolute Gasteiger partial charge is 0.481 e. The molecule has 5 heteroatoms. The minimum absolute atomic E-state index is 0.0373. The number of hydrogen-bond acceptors (Lipinski definition) is 3. The number of carboxylic acids is 1. The van der Waals surface area contributed by atoms with Crippen LogP contribution in [0.3, 0.4) is 0 Å². The molecule has 0 bridgehead atoms. The second-order valence-electron chi connectivity index (χ2n) is 6.26. The lowest BCUT2D eigenvalue weighted by atomic mass is 9.76. The Morgan fingerprint density at radius 1 is 1.40 bits per heavy atom. The summed E-state index contributed by atoms with van der Waals surface area (Å²) in [5.41, 5.74) is -0.995. The lowest BCUT2D eigenvalue weighted by Gasteiger charge is -2.28. The summed E-state index contributed by atoms with van der Waals surface area (Å²) in [5, 5.41) is 12.1. The zero-order valence-electron chi connectivity index (χ0n) is 13.1. The van der Waals surface area contributed by atoms with Crippen molar-refractivity contribution in [2.24, 2.45) is 11.3 Å². The average Bonchev–Trinajstić information content (AvgIpc) is 3.18. The number of likely N-dealkylation sites (N-methyl/N-ethyl adjacent to an activating group) is 1. The van der Waals surface area contributed by atoms with E-state index in [-0.39, 0.29) is 18.2 Å². The predicted octanol–water partition coefficient (Wildman–Crippen LogP) is 1.72. The van der Waals surface area contributed by atoms with Crippen LogP contribution in [0.15, 0.2) is 0 Å². The number of nitrogens with zero attached hydrogens (tertiary/aromatic N) is 1. The molecule has 0 heterocycles. The Kier molecular flexibility index (Phi) is 5.99. The number of rotatable bonds is 9. The molecule has 20 heavy (non-hydrogen) atoms. The lowest BCUT2D eigenvalue weighted by molar-refractivity contribution is -0.153. The third kappa shape index (κ3) is 4.47. The maximum absolute atomic E-state index is 11.9. The van der Waals surface area contributed by atoms with Crippen LogP contribution >= 0.6 is 0 Å². The Hall–Kier alpha value is -1.10. The second kappa shape index (κ2) is 7.07. The highest BCUT2D eigenvalue weighted by Gasteiger charge is 2.38. The number of carboxylic acid groups (broad SMARTS) is 1. The van der Waals surface area contributed by atoms with Gasteiger partial charge < -0.3 is 10.4 Å². The molecular formula is C15H28N2O3. The normalized spacial score (nSPS) is 18.1. The quantitative estimate of drug-likeness (QED) is 0.676. The molecule has 1 aliphatic carbocycles. The Labute approximate surface area is 121 Å². The van der Waals surface area contributed by atoms with Crippen LogP contribution in [0.1, 0.15) is 47.0 Å². The molecule has 0 aromatic rings. The van der Waals surface area contributed by atoms with Gasteiger partial charge in [0.25, 0.3) is 0 Å². The molecule has 0 spiro atoms. The molecule has 1 rings (SSSR count). The van der Waals surface area contributed by atoms with Crippen molar-refractivity contribution in [1.29, 1.82) is 0 Å². The minimum Gasteiger partial charge on any atom is -0.481 e. The summed E-state index contributed by atoms with van der Waals surface area (Å²) in [7, 11) is 0. The van der Waals surface area contributed by atoms with Crippen LogP contribution in [0.25, 0.3) is 0 Å².